The number of amides is 1. The molecule has 1 atom stereocenters. The van der Waals surface area contributed by atoms with E-state index >= 15 is 0 Å². The van der Waals surface area contributed by atoms with Crippen LogP contribution in [0.1, 0.15) is 33.4 Å². The van der Waals surface area contributed by atoms with Crippen LogP contribution in [0.3, 0.4) is 0 Å². The summed E-state index contributed by atoms with van der Waals surface area (Å²) in [6, 6.07) is 20.3. The number of hydrogen-bond donors (Lipinski definition) is 2. The van der Waals surface area contributed by atoms with Crippen molar-refractivity contribution in [2.75, 3.05) is 0 Å². The van der Waals surface area contributed by atoms with Gasteiger partial charge in [0.05, 0.1) is 17.9 Å². The number of rotatable bonds is 4. The lowest BCUT2D eigenvalue weighted by Gasteiger charge is -2.22. The molecule has 28 heavy (non-hydrogen) atoms. The summed E-state index contributed by atoms with van der Waals surface area (Å²) in [5.74, 6) is -0.225. The number of phenolic OH excluding ortho intramolecular Hbond substituents is 1. The molecule has 0 fully saturated rings. The van der Waals surface area contributed by atoms with Gasteiger partial charge in [0.2, 0.25) is 0 Å². The first-order chi connectivity index (χ1) is 13.6. The normalized spacial score (nSPS) is 11.9. The minimum absolute atomic E-state index is 0.128. The minimum atomic E-state index is -0.539. The summed E-state index contributed by atoms with van der Waals surface area (Å²) in [5.41, 5.74) is 2.48. The van der Waals surface area contributed by atoms with Crippen LogP contribution in [0.2, 0.25) is 0 Å². The van der Waals surface area contributed by atoms with Crippen LogP contribution in [0.5, 0.6) is 5.75 Å². The van der Waals surface area contributed by atoms with E-state index in [-0.39, 0.29) is 17.4 Å². The summed E-state index contributed by atoms with van der Waals surface area (Å²) in [7, 11) is 0. The second kappa shape index (κ2) is 7.48. The maximum atomic E-state index is 12.9. The summed E-state index contributed by atoms with van der Waals surface area (Å²) in [5, 5.41) is 15.6. The number of nitrogens with zero attached hydrogens (tertiary/aromatic N) is 2. The van der Waals surface area contributed by atoms with Crippen molar-refractivity contribution < 1.29 is 9.90 Å². The summed E-state index contributed by atoms with van der Waals surface area (Å²) < 4.78 is 0. The predicted octanol–water partition coefficient (Wildman–Crippen LogP) is 4.16. The van der Waals surface area contributed by atoms with Gasteiger partial charge in [-0.2, -0.15) is 0 Å². The maximum absolute atomic E-state index is 12.9. The molecule has 1 heterocycles. The highest BCUT2D eigenvalue weighted by Crippen LogP contribution is 2.35. The largest absolute Gasteiger partial charge is 0.508 e. The average molecular weight is 369 g/mol. The fourth-order valence-electron chi connectivity index (χ4n) is 3.27. The number of aromatic nitrogens is 2. The number of fused-ring (bicyclic) bond motifs is 1. The lowest BCUT2D eigenvalue weighted by Crippen LogP contribution is -2.30. The molecule has 3 aromatic carbocycles. The molecule has 0 spiro atoms. The smallest absolute Gasteiger partial charge is 0.272 e. The maximum Gasteiger partial charge on any atom is 0.272 e. The van der Waals surface area contributed by atoms with Gasteiger partial charge >= 0.3 is 0 Å². The lowest BCUT2D eigenvalue weighted by atomic mass is 9.92. The van der Waals surface area contributed by atoms with Gasteiger partial charge in [-0.05, 0) is 29.3 Å². The first-order valence-corrected chi connectivity index (χ1v) is 8.98. The fourth-order valence-corrected chi connectivity index (χ4v) is 3.27. The van der Waals surface area contributed by atoms with Gasteiger partial charge < -0.3 is 10.4 Å². The summed E-state index contributed by atoms with van der Waals surface area (Å²) in [4.78, 5) is 21.2. The molecule has 1 amide bonds. The zero-order chi connectivity index (χ0) is 19.5. The Morgan fingerprint density at radius 2 is 1.68 bits per heavy atom. The van der Waals surface area contributed by atoms with E-state index in [2.05, 4.69) is 15.3 Å². The molecule has 5 heteroatoms. The molecule has 0 aliphatic heterocycles. The van der Waals surface area contributed by atoms with Crippen LogP contribution < -0.4 is 5.32 Å². The number of aryl methyl sites for hydroxylation is 1. The number of aromatic hydroxyl groups is 1. The molecule has 0 unspecified atom stereocenters. The number of carbonyl (C=O) groups is 1. The number of hydrogen-bond acceptors (Lipinski definition) is 4. The Kier molecular flexibility index (Phi) is 4.72. The van der Waals surface area contributed by atoms with Gasteiger partial charge in [0.1, 0.15) is 11.4 Å². The van der Waals surface area contributed by atoms with Crippen molar-refractivity contribution in [3.8, 4) is 5.75 Å². The van der Waals surface area contributed by atoms with Gasteiger partial charge in [0, 0.05) is 11.8 Å². The third kappa shape index (κ3) is 3.42. The Labute approximate surface area is 162 Å². The third-order valence-electron chi connectivity index (χ3n) is 4.66. The topological polar surface area (TPSA) is 75.1 Å². The molecule has 0 radical (unpaired) electrons. The summed E-state index contributed by atoms with van der Waals surface area (Å²) in [6.07, 6.45) is 3.01. The van der Waals surface area contributed by atoms with E-state index in [0.717, 1.165) is 22.0 Å². The van der Waals surface area contributed by atoms with E-state index in [1.54, 1.807) is 12.3 Å². The first-order valence-electron chi connectivity index (χ1n) is 8.98. The second-order valence-electron chi connectivity index (χ2n) is 6.58. The highest BCUT2D eigenvalue weighted by atomic mass is 16.3. The predicted molar refractivity (Wildman–Crippen MR) is 108 cm³/mol. The molecule has 0 saturated carbocycles. The highest BCUT2D eigenvalue weighted by Gasteiger charge is 2.23. The van der Waals surface area contributed by atoms with Crippen LogP contribution >= 0.6 is 0 Å². The number of nitrogens with one attached hydrogen (secondary N) is 1. The van der Waals surface area contributed by atoms with Crippen molar-refractivity contribution >= 4 is 16.7 Å². The Morgan fingerprint density at radius 1 is 0.929 bits per heavy atom. The van der Waals surface area contributed by atoms with Gasteiger partial charge in [-0.1, -0.05) is 60.7 Å². The molecule has 0 aliphatic rings. The van der Waals surface area contributed by atoms with Crippen molar-refractivity contribution in [1.82, 2.24) is 15.3 Å². The van der Waals surface area contributed by atoms with Crippen LogP contribution in [-0.2, 0) is 0 Å². The Bertz CT molecular complexity index is 1130. The molecule has 0 saturated heterocycles. The van der Waals surface area contributed by atoms with Gasteiger partial charge in [0.15, 0.2) is 0 Å². The van der Waals surface area contributed by atoms with Crippen molar-refractivity contribution in [1.29, 1.82) is 0 Å². The van der Waals surface area contributed by atoms with Crippen LogP contribution in [0.4, 0.5) is 0 Å². The average Bonchev–Trinajstić information content (AvgIpc) is 2.73. The lowest BCUT2D eigenvalue weighted by molar-refractivity contribution is 0.0937. The highest BCUT2D eigenvalue weighted by molar-refractivity contribution is 5.94. The SMILES string of the molecule is Cc1cnc(C(=O)N[C@@H](c2ccccc2)c2c(O)ccc3ccccc23)cn1. The van der Waals surface area contributed by atoms with Crippen molar-refractivity contribution in [3.05, 3.63) is 102 Å². The molecule has 0 bridgehead atoms. The number of phenols is 1. The van der Waals surface area contributed by atoms with Gasteiger partial charge in [-0.25, -0.2) is 4.98 Å². The quantitative estimate of drug-likeness (QED) is 0.566. The molecule has 4 aromatic rings. The van der Waals surface area contributed by atoms with E-state index < -0.39 is 6.04 Å². The molecular formula is C23H19N3O2. The standard InChI is InChI=1S/C23H19N3O2/c1-15-13-25-19(14-24-15)23(28)26-22(17-8-3-2-4-9-17)21-18-10-6-5-7-16(18)11-12-20(21)27/h2-14,22,27H,1H3,(H,26,28)/t22-/m0/s1. The van der Waals surface area contributed by atoms with E-state index in [0.29, 0.717) is 5.56 Å². The van der Waals surface area contributed by atoms with E-state index in [4.69, 9.17) is 0 Å². The van der Waals surface area contributed by atoms with Crippen LogP contribution in [0, 0.1) is 6.92 Å². The van der Waals surface area contributed by atoms with Crippen LogP contribution in [0.25, 0.3) is 10.8 Å². The van der Waals surface area contributed by atoms with Crippen LogP contribution in [0.15, 0.2) is 79.1 Å². The summed E-state index contributed by atoms with van der Waals surface area (Å²) >= 11 is 0. The van der Waals surface area contributed by atoms with E-state index in [9.17, 15) is 9.90 Å². The molecule has 0 aliphatic carbocycles. The zero-order valence-electron chi connectivity index (χ0n) is 15.3. The van der Waals surface area contributed by atoms with Crippen molar-refractivity contribution in [3.63, 3.8) is 0 Å². The molecular weight excluding hydrogens is 350 g/mol. The van der Waals surface area contributed by atoms with Gasteiger partial charge in [0.25, 0.3) is 5.91 Å². The fraction of sp³-hybridized carbons (Fsp3) is 0.0870. The van der Waals surface area contributed by atoms with Crippen molar-refractivity contribution in [2.45, 2.75) is 13.0 Å². The van der Waals surface area contributed by atoms with Gasteiger partial charge in [-0.3, -0.25) is 9.78 Å². The summed E-state index contributed by atoms with van der Waals surface area (Å²) in [6.45, 7) is 1.82. The van der Waals surface area contributed by atoms with E-state index in [1.807, 2.05) is 67.6 Å². The van der Waals surface area contributed by atoms with E-state index in [1.165, 1.54) is 6.20 Å². The number of benzene rings is 3. The molecule has 4 rings (SSSR count). The van der Waals surface area contributed by atoms with Crippen LogP contribution in [-0.4, -0.2) is 21.0 Å². The zero-order valence-corrected chi connectivity index (χ0v) is 15.3. The molecule has 138 valence electrons. The second-order valence-corrected chi connectivity index (χ2v) is 6.58. The molecule has 1 aromatic heterocycles. The molecule has 2 N–H and O–H groups in total. The minimum Gasteiger partial charge on any atom is -0.508 e. The van der Waals surface area contributed by atoms with Gasteiger partial charge in [-0.15, -0.1) is 0 Å². The van der Waals surface area contributed by atoms with Crippen molar-refractivity contribution in [2.24, 2.45) is 0 Å². The number of carbonyl (C=O) groups excluding carboxylic acids is 1. The first kappa shape index (κ1) is 17.7. The third-order valence-corrected chi connectivity index (χ3v) is 4.66. The Balaban J connectivity index is 1.83. The Hall–Kier alpha value is -3.73. The monoisotopic (exact) mass is 369 g/mol. The Morgan fingerprint density at radius 3 is 2.43 bits per heavy atom. The molecule has 5 nitrogen and oxygen atoms in total.